The van der Waals surface area contributed by atoms with Crippen LogP contribution in [0.25, 0.3) is 104 Å². The zero-order valence-corrected chi connectivity index (χ0v) is 23.3. The standard InChI is InChI=1S/C40H19BN2O/c1-2-9-21-20(8-1)18-19-25-23-12-6-14-27-31-32-26-10-3-4-17-30(26)44-40(32)33-28-15-5-11-22-24-13-7-16-29-38(24)42(35(22)28)39(33)34(31)41(29)43(36(21)25)37(23)27/h1-19H. The number of para-hydroxylation sites is 4. The number of rotatable bonds is 0. The fraction of sp³-hybridized carbons (Fsp3) is 0. The summed E-state index contributed by atoms with van der Waals surface area (Å²) in [5.41, 5.74) is 14.0. The van der Waals surface area contributed by atoms with Crippen LogP contribution in [0.5, 0.6) is 0 Å². The van der Waals surface area contributed by atoms with Gasteiger partial charge in [0.15, 0.2) is 0 Å². The Morgan fingerprint density at radius 1 is 0.477 bits per heavy atom. The van der Waals surface area contributed by atoms with Crippen molar-refractivity contribution in [1.29, 1.82) is 0 Å². The second kappa shape index (κ2) is 6.59. The molecule has 0 radical (unpaired) electrons. The summed E-state index contributed by atoms with van der Waals surface area (Å²) in [7, 11) is 0. The van der Waals surface area contributed by atoms with E-state index in [9.17, 15) is 0 Å². The molecule has 13 rings (SSSR count). The van der Waals surface area contributed by atoms with Gasteiger partial charge in [0, 0.05) is 59.7 Å². The molecule has 0 spiro atoms. The molecule has 7 aromatic carbocycles. The average molecular weight is 554 g/mol. The maximum atomic E-state index is 6.90. The molecule has 0 saturated heterocycles. The Labute approximate surface area is 249 Å². The van der Waals surface area contributed by atoms with E-state index in [1.807, 2.05) is 0 Å². The lowest BCUT2D eigenvalue weighted by molar-refractivity contribution is 0.673. The highest BCUT2D eigenvalue weighted by Crippen LogP contribution is 2.51. The van der Waals surface area contributed by atoms with Crippen LogP contribution in [0.4, 0.5) is 0 Å². The number of furan rings is 1. The van der Waals surface area contributed by atoms with E-state index < -0.39 is 0 Å². The second-order valence-electron chi connectivity index (χ2n) is 12.8. The molecule has 0 N–H and O–H groups in total. The van der Waals surface area contributed by atoms with Gasteiger partial charge in [-0.3, -0.25) is 0 Å². The van der Waals surface area contributed by atoms with Gasteiger partial charge in [0.25, 0.3) is 0 Å². The third-order valence-corrected chi connectivity index (χ3v) is 11.0. The lowest BCUT2D eigenvalue weighted by atomic mass is 9.45. The SMILES string of the molecule is c1ccc2c(c1)ccc1c3cccc4c3n(c21)B1c2cccc3c5cccc6c7c8oc9ccccc9c8c-4c1c7n(c23)c56. The molecule has 3 nitrogen and oxygen atoms in total. The van der Waals surface area contributed by atoms with Crippen molar-refractivity contribution in [2.45, 2.75) is 0 Å². The number of fused-ring (bicyclic) bond motifs is 15. The first-order valence-corrected chi connectivity index (χ1v) is 15.4. The van der Waals surface area contributed by atoms with Gasteiger partial charge in [0.2, 0.25) is 0 Å². The van der Waals surface area contributed by atoms with Crippen molar-refractivity contribution in [2.75, 3.05) is 0 Å². The van der Waals surface area contributed by atoms with Gasteiger partial charge in [-0.05, 0) is 27.9 Å². The van der Waals surface area contributed by atoms with Crippen molar-refractivity contribution in [1.82, 2.24) is 8.88 Å². The van der Waals surface area contributed by atoms with Crippen LogP contribution in [0, 0.1) is 0 Å². The number of hydrogen-bond acceptors (Lipinski definition) is 1. The molecule has 44 heavy (non-hydrogen) atoms. The average Bonchev–Trinajstić information content (AvgIpc) is 3.82. The summed E-state index contributed by atoms with van der Waals surface area (Å²) in [4.78, 5) is 0. The minimum absolute atomic E-state index is 0.0343. The van der Waals surface area contributed by atoms with Gasteiger partial charge in [0.05, 0.1) is 21.9 Å². The Hall–Kier alpha value is -5.74. The van der Waals surface area contributed by atoms with E-state index in [0.29, 0.717) is 0 Å². The lowest BCUT2D eigenvalue weighted by Gasteiger charge is -2.32. The van der Waals surface area contributed by atoms with Gasteiger partial charge in [0.1, 0.15) is 11.2 Å². The maximum Gasteiger partial charge on any atom is 0.333 e. The van der Waals surface area contributed by atoms with E-state index in [4.69, 9.17) is 4.42 Å². The Bertz CT molecular complexity index is 3170. The Morgan fingerprint density at radius 3 is 2.11 bits per heavy atom. The molecular weight excluding hydrogens is 535 g/mol. The van der Waals surface area contributed by atoms with Gasteiger partial charge in [-0.2, -0.15) is 0 Å². The van der Waals surface area contributed by atoms with Crippen LogP contribution in [-0.2, 0) is 0 Å². The molecule has 11 aromatic rings. The van der Waals surface area contributed by atoms with E-state index >= 15 is 0 Å². The Balaban J connectivity index is 1.44. The number of benzene rings is 7. The first-order valence-electron chi connectivity index (χ1n) is 15.4. The summed E-state index contributed by atoms with van der Waals surface area (Å²) in [5, 5.41) is 12.8. The van der Waals surface area contributed by atoms with E-state index in [2.05, 4.69) is 124 Å². The topological polar surface area (TPSA) is 22.5 Å². The fourth-order valence-electron chi connectivity index (χ4n) is 9.53. The Morgan fingerprint density at radius 2 is 1.18 bits per heavy atom. The minimum Gasteiger partial charge on any atom is -0.455 e. The van der Waals surface area contributed by atoms with Crippen LogP contribution in [-0.4, -0.2) is 15.7 Å². The van der Waals surface area contributed by atoms with E-state index in [0.717, 1.165) is 11.2 Å². The molecule has 0 fully saturated rings. The molecule has 6 heterocycles. The normalized spacial score (nSPS) is 13.9. The fourth-order valence-corrected chi connectivity index (χ4v) is 9.53. The molecule has 4 heteroatoms. The summed E-state index contributed by atoms with van der Waals surface area (Å²) in [5.74, 6) is 0. The molecule has 0 bridgehead atoms. The van der Waals surface area contributed by atoms with E-state index in [-0.39, 0.29) is 6.85 Å². The molecule has 0 amide bonds. The first kappa shape index (κ1) is 21.0. The molecule has 4 aromatic heterocycles. The third-order valence-electron chi connectivity index (χ3n) is 11.0. The molecule has 198 valence electrons. The van der Waals surface area contributed by atoms with Crippen LogP contribution in [0.2, 0.25) is 0 Å². The largest absolute Gasteiger partial charge is 0.455 e. The molecule has 0 unspecified atom stereocenters. The van der Waals surface area contributed by atoms with Gasteiger partial charge < -0.3 is 13.3 Å². The van der Waals surface area contributed by atoms with Crippen LogP contribution in [0.15, 0.2) is 120 Å². The van der Waals surface area contributed by atoms with Crippen LogP contribution >= 0.6 is 0 Å². The molecule has 2 aliphatic heterocycles. The molecular formula is C40H19BN2O. The maximum absolute atomic E-state index is 6.90. The first-order chi connectivity index (χ1) is 21.9. The van der Waals surface area contributed by atoms with Crippen molar-refractivity contribution in [3.05, 3.63) is 115 Å². The highest BCUT2D eigenvalue weighted by Gasteiger charge is 2.43. The number of nitrogens with zero attached hydrogens (tertiary/aromatic N) is 2. The zero-order valence-electron chi connectivity index (χ0n) is 23.3. The van der Waals surface area contributed by atoms with E-state index in [1.165, 1.54) is 103 Å². The lowest BCUT2D eigenvalue weighted by Crippen LogP contribution is -2.53. The zero-order chi connectivity index (χ0) is 28.0. The van der Waals surface area contributed by atoms with Crippen molar-refractivity contribution < 1.29 is 4.42 Å². The predicted octanol–water partition coefficient (Wildman–Crippen LogP) is 8.94. The smallest absolute Gasteiger partial charge is 0.333 e. The summed E-state index contributed by atoms with van der Waals surface area (Å²) in [6, 6.07) is 42.8. The molecule has 0 saturated carbocycles. The van der Waals surface area contributed by atoms with Crippen LogP contribution in [0.1, 0.15) is 0 Å². The van der Waals surface area contributed by atoms with E-state index in [1.54, 1.807) is 0 Å². The third kappa shape index (κ3) is 1.97. The summed E-state index contributed by atoms with van der Waals surface area (Å²) < 4.78 is 12.2. The summed E-state index contributed by atoms with van der Waals surface area (Å²) in [6.07, 6.45) is 0. The van der Waals surface area contributed by atoms with Crippen molar-refractivity contribution in [3.8, 4) is 11.1 Å². The highest BCUT2D eigenvalue weighted by molar-refractivity contribution is 6.91. The van der Waals surface area contributed by atoms with Gasteiger partial charge >= 0.3 is 6.85 Å². The number of aromatic nitrogens is 2. The second-order valence-corrected chi connectivity index (χ2v) is 12.8. The van der Waals surface area contributed by atoms with Crippen molar-refractivity contribution in [3.63, 3.8) is 0 Å². The van der Waals surface area contributed by atoms with Crippen molar-refractivity contribution >= 4 is 110 Å². The van der Waals surface area contributed by atoms with Crippen molar-refractivity contribution in [2.24, 2.45) is 0 Å². The summed E-state index contributed by atoms with van der Waals surface area (Å²) in [6.45, 7) is 0.0343. The highest BCUT2D eigenvalue weighted by atomic mass is 16.3. The molecule has 0 atom stereocenters. The Kier molecular flexibility index (Phi) is 3.15. The van der Waals surface area contributed by atoms with Gasteiger partial charge in [-0.1, -0.05) is 109 Å². The monoisotopic (exact) mass is 554 g/mol. The van der Waals surface area contributed by atoms with Gasteiger partial charge in [-0.25, -0.2) is 0 Å². The van der Waals surface area contributed by atoms with Crippen LogP contribution in [0.3, 0.4) is 0 Å². The predicted molar refractivity (Wildman–Crippen MR) is 185 cm³/mol. The minimum atomic E-state index is 0.0343. The molecule has 2 aliphatic rings. The molecule has 0 aliphatic carbocycles. The summed E-state index contributed by atoms with van der Waals surface area (Å²) >= 11 is 0. The van der Waals surface area contributed by atoms with Crippen LogP contribution < -0.4 is 10.9 Å². The quantitative estimate of drug-likeness (QED) is 0.172. The number of hydrogen-bond donors (Lipinski definition) is 0. The van der Waals surface area contributed by atoms with Gasteiger partial charge in [-0.15, -0.1) is 0 Å².